The molecule has 0 bridgehead atoms. The second kappa shape index (κ2) is 5.07. The Labute approximate surface area is 109 Å². The molecule has 7 heteroatoms. The fraction of sp³-hybridized carbons (Fsp3) is 0.250. The van der Waals surface area contributed by atoms with Gasteiger partial charge in [0.2, 0.25) is 17.7 Å². The minimum atomic E-state index is -0.691. The Balaban J connectivity index is 2.25. The van der Waals surface area contributed by atoms with Gasteiger partial charge in [0.25, 0.3) is 0 Å². The van der Waals surface area contributed by atoms with Crippen molar-refractivity contribution < 1.29 is 14.4 Å². The molecule has 0 radical (unpaired) electrons. The van der Waals surface area contributed by atoms with Gasteiger partial charge < -0.3 is 22.1 Å². The molecule has 1 fully saturated rings. The number of hydrogen-bond donors (Lipinski definition) is 4. The molecular formula is C12H14N4O3. The first-order valence-electron chi connectivity index (χ1n) is 5.73. The van der Waals surface area contributed by atoms with E-state index in [0.717, 1.165) is 0 Å². The number of nitrogens with two attached hydrogens (primary N) is 2. The number of anilines is 1. The van der Waals surface area contributed by atoms with Crippen LogP contribution in [0.4, 0.5) is 5.69 Å². The molecular weight excluding hydrogens is 248 g/mol. The van der Waals surface area contributed by atoms with E-state index in [2.05, 4.69) is 10.6 Å². The average molecular weight is 262 g/mol. The van der Waals surface area contributed by atoms with Crippen LogP contribution >= 0.6 is 0 Å². The molecule has 0 aromatic heterocycles. The molecule has 0 unspecified atom stereocenters. The Morgan fingerprint density at radius 1 is 1.05 bits per heavy atom. The van der Waals surface area contributed by atoms with Crippen molar-refractivity contribution >= 4 is 23.4 Å². The van der Waals surface area contributed by atoms with Crippen LogP contribution < -0.4 is 22.1 Å². The third kappa shape index (κ3) is 2.89. The lowest BCUT2D eigenvalue weighted by atomic mass is 10.0. The third-order valence-corrected chi connectivity index (χ3v) is 2.92. The molecule has 100 valence electrons. The van der Waals surface area contributed by atoms with Gasteiger partial charge in [0.1, 0.15) is 0 Å². The Bertz CT molecular complexity index is 520. The summed E-state index contributed by atoms with van der Waals surface area (Å²) in [5.74, 6) is -1.65. The Kier molecular flexibility index (Phi) is 3.48. The highest BCUT2D eigenvalue weighted by molar-refractivity contribution is 6.02. The quantitative estimate of drug-likeness (QED) is 0.557. The summed E-state index contributed by atoms with van der Waals surface area (Å²) < 4.78 is 0. The lowest BCUT2D eigenvalue weighted by Gasteiger charge is -2.25. The first kappa shape index (κ1) is 13.0. The van der Waals surface area contributed by atoms with Crippen LogP contribution in [0.3, 0.4) is 0 Å². The van der Waals surface area contributed by atoms with Gasteiger partial charge in [0.15, 0.2) is 0 Å². The second-order valence-corrected chi connectivity index (χ2v) is 4.37. The minimum absolute atomic E-state index is 0.103. The monoisotopic (exact) mass is 262 g/mol. The van der Waals surface area contributed by atoms with Crippen molar-refractivity contribution in [2.75, 3.05) is 18.4 Å². The lowest BCUT2D eigenvalue weighted by Crippen LogP contribution is -2.48. The summed E-state index contributed by atoms with van der Waals surface area (Å²) in [5.41, 5.74) is 10.9. The Morgan fingerprint density at radius 2 is 1.58 bits per heavy atom. The van der Waals surface area contributed by atoms with E-state index < -0.39 is 11.8 Å². The number of amides is 3. The van der Waals surface area contributed by atoms with Crippen molar-refractivity contribution in [1.82, 2.24) is 5.32 Å². The standard InChI is InChI=1S/C12H14N4O3/c13-10(17)6-1-7(11(14)18)3-9(2-6)16-12(19)8-4-15-5-8/h1-3,8,15H,4-5H2,(H2,13,17)(H2,14,18)(H,16,19). The molecule has 1 aliphatic rings. The average Bonchev–Trinajstić information content (AvgIpc) is 2.25. The molecule has 1 aliphatic heterocycles. The number of carbonyl (C=O) groups excluding carboxylic acids is 3. The molecule has 1 saturated heterocycles. The van der Waals surface area contributed by atoms with Crippen molar-refractivity contribution in [3.8, 4) is 0 Å². The van der Waals surface area contributed by atoms with Gasteiger partial charge in [-0.15, -0.1) is 0 Å². The van der Waals surface area contributed by atoms with Crippen molar-refractivity contribution in [1.29, 1.82) is 0 Å². The lowest BCUT2D eigenvalue weighted by molar-refractivity contribution is -0.121. The highest BCUT2D eigenvalue weighted by atomic mass is 16.2. The molecule has 0 aliphatic carbocycles. The van der Waals surface area contributed by atoms with Crippen molar-refractivity contribution in [2.45, 2.75) is 0 Å². The second-order valence-electron chi connectivity index (χ2n) is 4.37. The van der Waals surface area contributed by atoms with E-state index in [9.17, 15) is 14.4 Å². The Morgan fingerprint density at radius 3 is 1.95 bits per heavy atom. The fourth-order valence-corrected chi connectivity index (χ4v) is 1.70. The molecule has 1 aromatic carbocycles. The number of carbonyl (C=O) groups is 3. The van der Waals surface area contributed by atoms with Crippen molar-refractivity contribution in [2.24, 2.45) is 17.4 Å². The smallest absolute Gasteiger partial charge is 0.248 e. The van der Waals surface area contributed by atoms with E-state index in [1.807, 2.05) is 0 Å². The van der Waals surface area contributed by atoms with Gasteiger partial charge in [-0.2, -0.15) is 0 Å². The number of benzene rings is 1. The summed E-state index contributed by atoms with van der Waals surface area (Å²) in [7, 11) is 0. The summed E-state index contributed by atoms with van der Waals surface area (Å²) in [6, 6.07) is 4.13. The summed E-state index contributed by atoms with van der Waals surface area (Å²) >= 11 is 0. The number of rotatable bonds is 4. The van der Waals surface area contributed by atoms with Gasteiger partial charge in [0.05, 0.1) is 5.92 Å². The minimum Gasteiger partial charge on any atom is -0.366 e. The summed E-state index contributed by atoms with van der Waals surface area (Å²) in [6.45, 7) is 1.23. The topological polar surface area (TPSA) is 127 Å². The Hall–Kier alpha value is -2.41. The maximum Gasteiger partial charge on any atom is 0.248 e. The van der Waals surface area contributed by atoms with Crippen LogP contribution in [-0.2, 0) is 4.79 Å². The van der Waals surface area contributed by atoms with Gasteiger partial charge in [-0.1, -0.05) is 0 Å². The molecule has 7 nitrogen and oxygen atoms in total. The zero-order chi connectivity index (χ0) is 14.0. The van der Waals surface area contributed by atoms with Crippen molar-refractivity contribution in [3.63, 3.8) is 0 Å². The third-order valence-electron chi connectivity index (χ3n) is 2.92. The van der Waals surface area contributed by atoms with E-state index >= 15 is 0 Å². The number of primary amides is 2. The SMILES string of the molecule is NC(=O)c1cc(NC(=O)C2CNC2)cc(C(N)=O)c1. The largest absolute Gasteiger partial charge is 0.366 e. The molecule has 19 heavy (non-hydrogen) atoms. The summed E-state index contributed by atoms with van der Waals surface area (Å²) in [5, 5.41) is 5.62. The van der Waals surface area contributed by atoms with E-state index in [4.69, 9.17) is 11.5 Å². The molecule has 1 aromatic rings. The molecule has 1 heterocycles. The van der Waals surface area contributed by atoms with E-state index in [0.29, 0.717) is 18.8 Å². The first-order chi connectivity index (χ1) is 8.97. The summed E-state index contributed by atoms with van der Waals surface area (Å²) in [4.78, 5) is 34.1. The van der Waals surface area contributed by atoms with Gasteiger partial charge in [-0.25, -0.2) is 0 Å². The van der Waals surface area contributed by atoms with Crippen LogP contribution in [0.1, 0.15) is 20.7 Å². The highest BCUT2D eigenvalue weighted by Crippen LogP contribution is 2.16. The van der Waals surface area contributed by atoms with Crippen LogP contribution in [0.15, 0.2) is 18.2 Å². The van der Waals surface area contributed by atoms with Crippen molar-refractivity contribution in [3.05, 3.63) is 29.3 Å². The molecule has 3 amide bonds. The van der Waals surface area contributed by atoms with E-state index in [-0.39, 0.29) is 23.0 Å². The predicted molar refractivity (Wildman–Crippen MR) is 68.5 cm³/mol. The van der Waals surface area contributed by atoms with E-state index in [1.54, 1.807) is 0 Å². The van der Waals surface area contributed by atoms with Gasteiger partial charge >= 0.3 is 0 Å². The molecule has 0 atom stereocenters. The maximum atomic E-state index is 11.8. The maximum absolute atomic E-state index is 11.8. The predicted octanol–water partition coefficient (Wildman–Crippen LogP) is -0.958. The zero-order valence-corrected chi connectivity index (χ0v) is 10.1. The van der Waals surface area contributed by atoms with Gasteiger partial charge in [-0.3, -0.25) is 14.4 Å². The molecule has 0 saturated carbocycles. The normalized spacial score (nSPS) is 14.5. The van der Waals surface area contributed by atoms with Crippen LogP contribution in [0.25, 0.3) is 0 Å². The van der Waals surface area contributed by atoms with Crippen LogP contribution in [0, 0.1) is 5.92 Å². The van der Waals surface area contributed by atoms with Crippen LogP contribution in [0.5, 0.6) is 0 Å². The number of hydrogen-bond acceptors (Lipinski definition) is 4. The first-order valence-corrected chi connectivity index (χ1v) is 5.73. The number of nitrogens with one attached hydrogen (secondary N) is 2. The molecule has 0 spiro atoms. The zero-order valence-electron chi connectivity index (χ0n) is 10.1. The fourth-order valence-electron chi connectivity index (χ4n) is 1.70. The molecule has 2 rings (SSSR count). The molecule has 6 N–H and O–H groups in total. The van der Waals surface area contributed by atoms with Crippen LogP contribution in [-0.4, -0.2) is 30.8 Å². The van der Waals surface area contributed by atoms with Gasteiger partial charge in [0, 0.05) is 29.9 Å². The summed E-state index contributed by atoms with van der Waals surface area (Å²) in [6.07, 6.45) is 0. The van der Waals surface area contributed by atoms with Gasteiger partial charge in [-0.05, 0) is 18.2 Å². The van der Waals surface area contributed by atoms with Crippen LogP contribution in [0.2, 0.25) is 0 Å². The van der Waals surface area contributed by atoms with E-state index in [1.165, 1.54) is 18.2 Å². The highest BCUT2D eigenvalue weighted by Gasteiger charge is 2.25.